The van der Waals surface area contributed by atoms with Crippen molar-refractivity contribution >= 4 is 15.9 Å². The fourth-order valence-electron chi connectivity index (χ4n) is 2.76. The van der Waals surface area contributed by atoms with Crippen molar-refractivity contribution in [2.24, 2.45) is 0 Å². The third-order valence-electron chi connectivity index (χ3n) is 4.37. The summed E-state index contributed by atoms with van der Waals surface area (Å²) in [5.41, 5.74) is 1.41. The fraction of sp³-hybridized carbons (Fsp3) is 0.381. The molecule has 0 saturated carbocycles. The first-order valence-corrected chi connectivity index (χ1v) is 10.9. The van der Waals surface area contributed by atoms with Gasteiger partial charge >= 0.3 is 0 Å². The summed E-state index contributed by atoms with van der Waals surface area (Å²) in [6.45, 7) is 5.25. The molecule has 1 N–H and O–H groups in total. The molecule has 0 atom stereocenters. The Bertz CT molecular complexity index is 818. The first-order chi connectivity index (χ1) is 13.0. The topological polar surface area (TPSA) is 66.5 Å². The van der Waals surface area contributed by atoms with E-state index in [4.69, 9.17) is 0 Å². The van der Waals surface area contributed by atoms with Gasteiger partial charge in [-0.3, -0.25) is 4.79 Å². The lowest BCUT2D eigenvalue weighted by Gasteiger charge is -2.20. The zero-order valence-corrected chi connectivity index (χ0v) is 16.8. The maximum atomic E-state index is 12.9. The van der Waals surface area contributed by atoms with Crippen molar-refractivity contribution in [3.63, 3.8) is 0 Å². The lowest BCUT2D eigenvalue weighted by atomic mass is 10.2. The number of rotatable bonds is 10. The monoisotopic (exact) mass is 388 g/mol. The van der Waals surface area contributed by atoms with Gasteiger partial charge in [0.2, 0.25) is 10.0 Å². The Hall–Kier alpha value is -2.18. The summed E-state index contributed by atoms with van der Waals surface area (Å²) in [6, 6.07) is 15.6. The van der Waals surface area contributed by atoms with Crippen LogP contribution < -0.4 is 5.32 Å². The van der Waals surface area contributed by atoms with Crippen LogP contribution in [-0.2, 0) is 16.6 Å². The molecular weight excluding hydrogens is 360 g/mol. The number of nitrogens with one attached hydrogen (secondary N) is 1. The summed E-state index contributed by atoms with van der Waals surface area (Å²) in [5, 5.41) is 2.86. The molecule has 0 fully saturated rings. The van der Waals surface area contributed by atoms with E-state index < -0.39 is 10.0 Å². The number of carbonyl (C=O) groups is 1. The summed E-state index contributed by atoms with van der Waals surface area (Å²) in [7, 11) is -3.61. The molecule has 6 heteroatoms. The van der Waals surface area contributed by atoms with Gasteiger partial charge in [0.25, 0.3) is 5.91 Å². The van der Waals surface area contributed by atoms with E-state index in [1.807, 2.05) is 37.3 Å². The normalized spacial score (nSPS) is 11.5. The van der Waals surface area contributed by atoms with Crippen LogP contribution in [0, 0.1) is 0 Å². The minimum Gasteiger partial charge on any atom is -0.352 e. The van der Waals surface area contributed by atoms with Gasteiger partial charge in [0.15, 0.2) is 0 Å². The van der Waals surface area contributed by atoms with Gasteiger partial charge in [0.1, 0.15) is 0 Å². The molecule has 0 heterocycles. The van der Waals surface area contributed by atoms with Crippen molar-refractivity contribution in [1.29, 1.82) is 0 Å². The molecule has 1 amide bonds. The smallest absolute Gasteiger partial charge is 0.251 e. The molecule has 5 nitrogen and oxygen atoms in total. The molecule has 0 aliphatic carbocycles. The number of sulfonamides is 1. The lowest BCUT2D eigenvalue weighted by Crippen LogP contribution is -2.30. The predicted octanol–water partition coefficient (Wildman–Crippen LogP) is 3.82. The second-order valence-corrected chi connectivity index (χ2v) is 8.34. The molecule has 0 unspecified atom stereocenters. The molecule has 0 aromatic heterocycles. The van der Waals surface area contributed by atoms with Crippen molar-refractivity contribution in [2.45, 2.75) is 44.6 Å². The number of hydrogen-bond acceptors (Lipinski definition) is 3. The highest BCUT2D eigenvalue weighted by atomic mass is 32.2. The molecule has 2 rings (SSSR count). The Labute approximate surface area is 162 Å². The second kappa shape index (κ2) is 10.2. The Kier molecular flexibility index (Phi) is 8.00. The Morgan fingerprint density at radius 1 is 0.963 bits per heavy atom. The molecule has 0 aliphatic rings. The van der Waals surface area contributed by atoms with Crippen LogP contribution in [-0.4, -0.2) is 31.7 Å². The number of amides is 1. The zero-order valence-electron chi connectivity index (χ0n) is 16.0. The third-order valence-corrected chi connectivity index (χ3v) is 6.31. The van der Waals surface area contributed by atoms with Gasteiger partial charge in [-0.15, -0.1) is 0 Å². The van der Waals surface area contributed by atoms with E-state index in [9.17, 15) is 13.2 Å². The largest absolute Gasteiger partial charge is 0.352 e. The van der Waals surface area contributed by atoms with Gasteiger partial charge in [-0.05, 0) is 36.2 Å². The van der Waals surface area contributed by atoms with Crippen LogP contribution in [0.2, 0.25) is 0 Å². The zero-order chi connectivity index (χ0) is 19.7. The van der Waals surface area contributed by atoms with Crippen LogP contribution in [0.25, 0.3) is 0 Å². The van der Waals surface area contributed by atoms with Gasteiger partial charge < -0.3 is 5.32 Å². The van der Waals surface area contributed by atoms with Crippen LogP contribution in [0.3, 0.4) is 0 Å². The van der Waals surface area contributed by atoms with E-state index in [1.165, 1.54) is 16.4 Å². The molecule has 146 valence electrons. The Balaban J connectivity index is 2.08. The third kappa shape index (κ3) is 5.91. The van der Waals surface area contributed by atoms with Gasteiger partial charge in [-0.2, -0.15) is 4.31 Å². The van der Waals surface area contributed by atoms with Gasteiger partial charge in [-0.25, -0.2) is 8.42 Å². The summed E-state index contributed by atoms with van der Waals surface area (Å²) >= 11 is 0. The van der Waals surface area contributed by atoms with Gasteiger partial charge in [0.05, 0.1) is 4.90 Å². The number of nitrogens with zero attached hydrogens (tertiary/aromatic N) is 1. The van der Waals surface area contributed by atoms with Crippen LogP contribution in [0.1, 0.15) is 49.0 Å². The highest BCUT2D eigenvalue weighted by molar-refractivity contribution is 7.89. The Morgan fingerprint density at radius 3 is 2.22 bits per heavy atom. The van der Waals surface area contributed by atoms with E-state index >= 15 is 0 Å². The highest BCUT2D eigenvalue weighted by Gasteiger charge is 2.23. The number of carbonyl (C=O) groups excluding carboxylic acids is 1. The average Bonchev–Trinajstić information content (AvgIpc) is 2.70. The van der Waals surface area contributed by atoms with Gasteiger partial charge in [-0.1, -0.05) is 57.0 Å². The van der Waals surface area contributed by atoms with Crippen LogP contribution in [0.15, 0.2) is 59.5 Å². The SMILES string of the molecule is CCCCCNC(=O)c1ccc(S(=O)(=O)N(CC)Cc2ccccc2)cc1. The summed E-state index contributed by atoms with van der Waals surface area (Å²) < 4.78 is 27.3. The van der Waals surface area contributed by atoms with Crippen molar-refractivity contribution in [3.8, 4) is 0 Å². The molecular formula is C21H28N2O3S. The van der Waals surface area contributed by atoms with Crippen LogP contribution >= 0.6 is 0 Å². The standard InChI is InChI=1S/C21H28N2O3S/c1-3-5-9-16-22-21(24)19-12-14-20(15-13-19)27(25,26)23(4-2)17-18-10-7-6-8-11-18/h6-8,10-15H,3-5,9,16-17H2,1-2H3,(H,22,24). The Morgan fingerprint density at radius 2 is 1.63 bits per heavy atom. The van der Waals surface area contributed by atoms with Crippen molar-refractivity contribution in [3.05, 3.63) is 65.7 Å². The van der Waals surface area contributed by atoms with Crippen LogP contribution in [0.4, 0.5) is 0 Å². The number of hydrogen-bond donors (Lipinski definition) is 1. The average molecular weight is 389 g/mol. The molecule has 27 heavy (non-hydrogen) atoms. The summed E-state index contributed by atoms with van der Waals surface area (Å²) in [4.78, 5) is 12.3. The fourth-order valence-corrected chi connectivity index (χ4v) is 4.20. The van der Waals surface area contributed by atoms with E-state index in [0.717, 1.165) is 24.8 Å². The summed E-state index contributed by atoms with van der Waals surface area (Å²) in [5.74, 6) is -0.174. The van der Waals surface area contributed by atoms with Gasteiger partial charge in [0, 0.05) is 25.2 Å². The molecule has 0 spiro atoms. The quantitative estimate of drug-likeness (QED) is 0.629. The second-order valence-electron chi connectivity index (χ2n) is 6.40. The molecule has 0 aliphatic heterocycles. The van der Waals surface area contributed by atoms with E-state index in [0.29, 0.717) is 25.2 Å². The maximum Gasteiger partial charge on any atom is 0.251 e. The lowest BCUT2D eigenvalue weighted by molar-refractivity contribution is 0.0953. The van der Waals surface area contributed by atoms with Crippen molar-refractivity contribution in [2.75, 3.05) is 13.1 Å². The summed E-state index contributed by atoms with van der Waals surface area (Å²) in [6.07, 6.45) is 3.12. The number of benzene rings is 2. The minimum atomic E-state index is -3.61. The number of unbranched alkanes of at least 4 members (excludes halogenated alkanes) is 2. The molecule has 2 aromatic rings. The first kappa shape index (κ1) is 21.1. The van der Waals surface area contributed by atoms with Crippen molar-refractivity contribution in [1.82, 2.24) is 9.62 Å². The van der Waals surface area contributed by atoms with E-state index in [2.05, 4.69) is 12.2 Å². The van der Waals surface area contributed by atoms with Crippen molar-refractivity contribution < 1.29 is 13.2 Å². The van der Waals surface area contributed by atoms with E-state index in [-0.39, 0.29) is 10.8 Å². The molecule has 0 bridgehead atoms. The minimum absolute atomic E-state index is 0.174. The predicted molar refractivity (Wildman–Crippen MR) is 108 cm³/mol. The molecule has 0 saturated heterocycles. The van der Waals surface area contributed by atoms with Crippen LogP contribution in [0.5, 0.6) is 0 Å². The maximum absolute atomic E-state index is 12.9. The molecule has 0 radical (unpaired) electrons. The first-order valence-electron chi connectivity index (χ1n) is 9.41. The molecule has 2 aromatic carbocycles. The highest BCUT2D eigenvalue weighted by Crippen LogP contribution is 2.19. The van der Waals surface area contributed by atoms with E-state index in [1.54, 1.807) is 12.1 Å².